The van der Waals surface area contributed by atoms with Crippen LogP contribution in [0.25, 0.3) is 0 Å². The molecule has 0 saturated heterocycles. The molecule has 0 spiro atoms. The second kappa shape index (κ2) is 35.1. The van der Waals surface area contributed by atoms with Crippen molar-refractivity contribution in [1.29, 1.82) is 0 Å². The standard InChI is InChI=1S/C23H35BrO5.C23H34O6/c2*1-3-27-22(25)14-10-18-29-21-13-9-12-19(11-7-5-6-8-17-24)20(21)15-16-23(26)28-4-2/h9,12-13H,3-8,10-11,14-18H2,1-2H3;9,12-13,17H,3-8,10-11,14-16,18H2,1-2H3. The van der Waals surface area contributed by atoms with Gasteiger partial charge in [0.05, 0.1) is 39.6 Å². The van der Waals surface area contributed by atoms with Gasteiger partial charge in [0.1, 0.15) is 17.8 Å². The molecule has 0 N–H and O–H groups in total. The topological polar surface area (TPSA) is 141 Å². The average Bonchev–Trinajstić information content (AvgIpc) is 3.21. The summed E-state index contributed by atoms with van der Waals surface area (Å²) in [5.74, 6) is 0.729. The number of aldehydes is 1. The van der Waals surface area contributed by atoms with E-state index in [0.29, 0.717) is 97.4 Å². The Bertz CT molecular complexity index is 1440. The number of benzene rings is 2. The predicted octanol–water partition coefficient (Wildman–Crippen LogP) is 9.61. The van der Waals surface area contributed by atoms with Gasteiger partial charge in [0, 0.05) is 37.4 Å². The number of hydrogen-bond acceptors (Lipinski definition) is 11. The highest BCUT2D eigenvalue weighted by atomic mass is 79.9. The van der Waals surface area contributed by atoms with Crippen molar-refractivity contribution in [2.24, 2.45) is 0 Å². The average molecular weight is 878 g/mol. The van der Waals surface area contributed by atoms with E-state index in [2.05, 4.69) is 28.1 Å². The Labute approximate surface area is 355 Å². The summed E-state index contributed by atoms with van der Waals surface area (Å²) in [6.45, 7) is 9.60. The van der Waals surface area contributed by atoms with E-state index in [0.717, 1.165) is 78.3 Å². The van der Waals surface area contributed by atoms with E-state index in [1.54, 1.807) is 20.8 Å². The van der Waals surface area contributed by atoms with Crippen LogP contribution in [-0.2, 0) is 68.6 Å². The van der Waals surface area contributed by atoms with E-state index in [4.69, 9.17) is 28.4 Å². The molecule has 0 amide bonds. The van der Waals surface area contributed by atoms with E-state index in [9.17, 15) is 24.0 Å². The summed E-state index contributed by atoms with van der Waals surface area (Å²) in [7, 11) is 0. The number of unbranched alkanes of at least 4 members (excludes halogenated alkanes) is 6. The number of rotatable bonds is 32. The molecule has 0 aliphatic heterocycles. The van der Waals surface area contributed by atoms with Crippen molar-refractivity contribution in [3.8, 4) is 11.5 Å². The van der Waals surface area contributed by atoms with Gasteiger partial charge in [0.25, 0.3) is 0 Å². The first-order valence-electron chi connectivity index (χ1n) is 21.3. The quantitative estimate of drug-likeness (QED) is 0.0228. The van der Waals surface area contributed by atoms with Crippen molar-refractivity contribution in [3.05, 3.63) is 58.7 Å². The zero-order valence-corrected chi connectivity index (χ0v) is 37.2. The zero-order valence-electron chi connectivity index (χ0n) is 35.6. The van der Waals surface area contributed by atoms with Crippen LogP contribution in [0.1, 0.15) is 140 Å². The fraction of sp³-hybridized carbons (Fsp3) is 0.630. The maximum atomic E-state index is 11.8. The molecule has 0 aliphatic rings. The van der Waals surface area contributed by atoms with Crippen LogP contribution in [0.5, 0.6) is 11.5 Å². The van der Waals surface area contributed by atoms with Crippen LogP contribution in [0.15, 0.2) is 36.4 Å². The number of carbonyl (C=O) groups excluding carboxylic acids is 5. The molecule has 2 aromatic carbocycles. The van der Waals surface area contributed by atoms with Crippen LogP contribution in [0.4, 0.5) is 0 Å². The molecule has 12 heteroatoms. The number of aryl methyl sites for hydroxylation is 2. The number of alkyl halides is 1. The molecule has 11 nitrogen and oxygen atoms in total. The first-order chi connectivity index (χ1) is 28.2. The molecule has 0 bridgehead atoms. The van der Waals surface area contributed by atoms with Crippen LogP contribution in [-0.4, -0.2) is 75.1 Å². The lowest BCUT2D eigenvalue weighted by molar-refractivity contribution is -0.144. The second-order valence-electron chi connectivity index (χ2n) is 13.5. The van der Waals surface area contributed by atoms with Gasteiger partial charge in [-0.25, -0.2) is 0 Å². The maximum absolute atomic E-state index is 11.8. The summed E-state index contributed by atoms with van der Waals surface area (Å²) in [6, 6.07) is 12.0. The molecular formula is C46H69BrO11. The first-order valence-corrected chi connectivity index (χ1v) is 22.5. The zero-order chi connectivity index (χ0) is 42.6. The molecule has 2 aromatic rings. The Hall–Kier alpha value is -3.93. The molecule has 326 valence electrons. The van der Waals surface area contributed by atoms with Crippen molar-refractivity contribution in [2.45, 2.75) is 143 Å². The lowest BCUT2D eigenvalue weighted by Crippen LogP contribution is -2.10. The minimum absolute atomic E-state index is 0.187. The third-order valence-electron chi connectivity index (χ3n) is 9.00. The van der Waals surface area contributed by atoms with Crippen molar-refractivity contribution in [3.63, 3.8) is 0 Å². The van der Waals surface area contributed by atoms with E-state index in [1.807, 2.05) is 31.2 Å². The van der Waals surface area contributed by atoms with Crippen molar-refractivity contribution in [2.75, 3.05) is 45.0 Å². The van der Waals surface area contributed by atoms with Gasteiger partial charge in [-0.2, -0.15) is 0 Å². The van der Waals surface area contributed by atoms with Crippen LogP contribution >= 0.6 is 15.9 Å². The molecule has 0 aliphatic carbocycles. The monoisotopic (exact) mass is 876 g/mol. The van der Waals surface area contributed by atoms with Gasteiger partial charge in [-0.05, 0) is 126 Å². The van der Waals surface area contributed by atoms with Crippen LogP contribution < -0.4 is 9.47 Å². The van der Waals surface area contributed by atoms with Gasteiger partial charge in [-0.1, -0.05) is 59.5 Å². The fourth-order valence-electron chi connectivity index (χ4n) is 6.20. The summed E-state index contributed by atoms with van der Waals surface area (Å²) in [6.07, 6.45) is 14.6. The molecular weight excluding hydrogens is 808 g/mol. The molecule has 0 saturated carbocycles. The SMILES string of the molecule is CCOC(=O)CCCOc1cccc(CCCCCC=O)c1CCC(=O)OCC.CCOC(=O)CCCOc1cccc(CCCCCCBr)c1CCC(=O)OCC. The second-order valence-corrected chi connectivity index (χ2v) is 14.3. The Balaban J connectivity index is 0.000000580. The highest BCUT2D eigenvalue weighted by Crippen LogP contribution is 2.28. The van der Waals surface area contributed by atoms with E-state index in [1.165, 1.54) is 24.8 Å². The van der Waals surface area contributed by atoms with Crippen LogP contribution in [0.2, 0.25) is 0 Å². The summed E-state index contributed by atoms with van der Waals surface area (Å²) >= 11 is 3.47. The highest BCUT2D eigenvalue weighted by Gasteiger charge is 2.15. The lowest BCUT2D eigenvalue weighted by atomic mass is 9.97. The van der Waals surface area contributed by atoms with Gasteiger partial charge >= 0.3 is 23.9 Å². The minimum Gasteiger partial charge on any atom is -0.493 e. The van der Waals surface area contributed by atoms with Crippen molar-refractivity contribution < 1.29 is 52.4 Å². The van der Waals surface area contributed by atoms with Crippen LogP contribution in [0, 0.1) is 0 Å². The van der Waals surface area contributed by atoms with Crippen LogP contribution in [0.3, 0.4) is 0 Å². The Morgan fingerprint density at radius 1 is 0.500 bits per heavy atom. The van der Waals surface area contributed by atoms with Crippen molar-refractivity contribution >= 4 is 46.1 Å². The molecule has 0 heterocycles. The van der Waals surface area contributed by atoms with Gasteiger partial charge in [0.15, 0.2) is 0 Å². The Morgan fingerprint density at radius 3 is 1.29 bits per heavy atom. The molecule has 0 unspecified atom stereocenters. The smallest absolute Gasteiger partial charge is 0.306 e. The normalized spacial score (nSPS) is 10.5. The fourth-order valence-corrected chi connectivity index (χ4v) is 6.59. The third kappa shape index (κ3) is 24.8. The number of ether oxygens (including phenoxy) is 6. The maximum Gasteiger partial charge on any atom is 0.306 e. The molecule has 0 fully saturated rings. The molecule has 58 heavy (non-hydrogen) atoms. The van der Waals surface area contributed by atoms with Gasteiger partial charge in [-0.3, -0.25) is 19.2 Å². The highest BCUT2D eigenvalue weighted by molar-refractivity contribution is 9.09. The number of halogens is 1. The summed E-state index contributed by atoms with van der Waals surface area (Å²) in [5, 5.41) is 1.05. The van der Waals surface area contributed by atoms with E-state index in [-0.39, 0.29) is 23.9 Å². The van der Waals surface area contributed by atoms with Gasteiger partial charge < -0.3 is 33.2 Å². The lowest BCUT2D eigenvalue weighted by Gasteiger charge is -2.16. The number of carbonyl (C=O) groups is 5. The molecule has 2 rings (SSSR count). The van der Waals surface area contributed by atoms with E-state index >= 15 is 0 Å². The van der Waals surface area contributed by atoms with Gasteiger partial charge in [0.2, 0.25) is 0 Å². The predicted molar refractivity (Wildman–Crippen MR) is 230 cm³/mol. The molecule has 0 aromatic heterocycles. The Morgan fingerprint density at radius 2 is 0.897 bits per heavy atom. The summed E-state index contributed by atoms with van der Waals surface area (Å²) in [4.78, 5) is 57.1. The first kappa shape index (κ1) is 52.1. The largest absolute Gasteiger partial charge is 0.493 e. The minimum atomic E-state index is -0.221. The third-order valence-corrected chi connectivity index (χ3v) is 9.56. The van der Waals surface area contributed by atoms with E-state index < -0.39 is 0 Å². The van der Waals surface area contributed by atoms with Gasteiger partial charge in [-0.15, -0.1) is 0 Å². The number of hydrogen-bond donors (Lipinski definition) is 0. The molecule has 0 radical (unpaired) electrons. The summed E-state index contributed by atoms with van der Waals surface area (Å²) in [5.41, 5.74) is 4.49. The Kier molecular flexibility index (Phi) is 31.5. The number of esters is 4. The van der Waals surface area contributed by atoms with Crippen molar-refractivity contribution in [1.82, 2.24) is 0 Å². The summed E-state index contributed by atoms with van der Waals surface area (Å²) < 4.78 is 31.9. The molecule has 0 atom stereocenters.